The molecule has 744 valence electrons. The average Bonchev–Trinajstić information content (AvgIpc) is 1.66. The molecule has 13 saturated heterocycles. The van der Waals surface area contributed by atoms with Gasteiger partial charge < -0.3 is 148 Å². The Morgan fingerprint density at radius 3 is 0.778 bits per heavy atom. The van der Waals surface area contributed by atoms with Crippen molar-refractivity contribution in [1.82, 2.24) is 107 Å². The number of carbonyl (C=O) groups excluding carboxylic acids is 20. The Morgan fingerprint density at radius 2 is 0.526 bits per heavy atom. The lowest BCUT2D eigenvalue weighted by molar-refractivity contribution is -0.148. The zero-order valence-electron chi connectivity index (χ0n) is 75.3. The third-order valence-electron chi connectivity index (χ3n) is 28.2. The molecule has 13 fully saturated rings. The minimum absolute atomic E-state index is 0.0273. The Kier molecular flexibility index (Phi) is 33.7. The Hall–Kier alpha value is -11.4. The summed E-state index contributed by atoms with van der Waals surface area (Å²) in [6.45, 7) is -4.78. The van der Waals surface area contributed by atoms with Gasteiger partial charge in [0.1, 0.15) is 85.1 Å². The second kappa shape index (κ2) is 45.0. The fourth-order valence-electron chi connectivity index (χ4n) is 21.4. The molecule has 0 saturated carbocycles. The molecule has 13 rings (SSSR count). The minimum atomic E-state index is -1.35. The topological polar surface area (TPSA) is 673 Å². The summed E-state index contributed by atoms with van der Waals surface area (Å²) < 4.78 is 0. The van der Waals surface area contributed by atoms with Crippen molar-refractivity contribution in [3.8, 4) is 0 Å². The first-order valence-corrected chi connectivity index (χ1v) is 47.1. The number of amides is 20. The third kappa shape index (κ3) is 23.5. The molecule has 18 N–H and O–H groups in total. The van der Waals surface area contributed by atoms with Gasteiger partial charge in [-0.3, -0.25) is 101 Å². The number of likely N-dealkylation sites (tertiary alicyclic amines) is 12. The van der Waals surface area contributed by atoms with E-state index in [1.165, 1.54) is 34.3 Å². The summed E-state index contributed by atoms with van der Waals surface area (Å²) in [5.74, 6) is -15.5. The Morgan fingerprint density at radius 1 is 0.281 bits per heavy atom. The highest BCUT2D eigenvalue weighted by Gasteiger charge is 2.53. The molecule has 0 aromatic rings. The van der Waals surface area contributed by atoms with Crippen LogP contribution in [0.4, 0.5) is 0 Å². The number of aliphatic hydroxyl groups excluding tert-OH is 6. The van der Waals surface area contributed by atoms with Crippen molar-refractivity contribution in [1.29, 1.82) is 0 Å². The predicted molar refractivity (Wildman–Crippen MR) is 460 cm³/mol. The number of nitrogens with one attached hydrogen (secondary N) is 9. The maximum absolute atomic E-state index is 14.5. The van der Waals surface area contributed by atoms with E-state index in [4.69, 9.17) is 10.8 Å². The van der Waals surface area contributed by atoms with Crippen LogP contribution in [-0.4, -0.2) is 477 Å². The van der Waals surface area contributed by atoms with Crippen LogP contribution in [0.25, 0.3) is 0 Å². The predicted octanol–water partition coefficient (Wildman–Crippen LogP) is -13.0. The second-order valence-electron chi connectivity index (χ2n) is 37.3. The molecular formula is C85H126N22O28. The van der Waals surface area contributed by atoms with Crippen LogP contribution in [0.15, 0.2) is 0 Å². The molecule has 50 heteroatoms. The summed E-state index contributed by atoms with van der Waals surface area (Å²) in [7, 11) is 0. The number of carboxylic acid groups (broad SMARTS) is 1. The van der Waals surface area contributed by atoms with Crippen LogP contribution < -0.4 is 53.6 Å². The number of hydrogen-bond acceptors (Lipinski definition) is 29. The third-order valence-corrected chi connectivity index (χ3v) is 28.2. The highest BCUT2D eigenvalue weighted by molar-refractivity contribution is 6.02. The van der Waals surface area contributed by atoms with E-state index >= 15 is 0 Å². The van der Waals surface area contributed by atoms with Gasteiger partial charge in [-0.05, 0) is 122 Å². The fraction of sp³-hybridized carbons (Fsp3) is 0.753. The first kappa shape index (κ1) is 101. The van der Waals surface area contributed by atoms with Crippen LogP contribution >= 0.6 is 0 Å². The second-order valence-corrected chi connectivity index (χ2v) is 37.3. The van der Waals surface area contributed by atoms with Gasteiger partial charge in [-0.1, -0.05) is 0 Å². The van der Waals surface area contributed by atoms with E-state index in [1.807, 2.05) is 0 Å². The van der Waals surface area contributed by atoms with Gasteiger partial charge in [-0.2, -0.15) is 0 Å². The quantitative estimate of drug-likeness (QED) is 0.0271. The lowest BCUT2D eigenvalue weighted by atomic mass is 10.1. The van der Waals surface area contributed by atoms with E-state index in [9.17, 15) is 131 Å². The molecule has 50 nitrogen and oxygen atoms in total. The molecule has 20 amide bonds. The lowest BCUT2D eigenvalue weighted by Gasteiger charge is -2.32. The first-order chi connectivity index (χ1) is 64.5. The van der Waals surface area contributed by atoms with E-state index < -0.39 is 285 Å². The van der Waals surface area contributed by atoms with Crippen molar-refractivity contribution in [3.05, 3.63) is 0 Å². The number of aliphatic carboxylic acids is 1. The van der Waals surface area contributed by atoms with E-state index in [0.717, 1.165) is 30.9 Å². The molecule has 0 unspecified atom stereocenters. The molecule has 0 spiro atoms. The van der Waals surface area contributed by atoms with Crippen LogP contribution in [0.1, 0.15) is 148 Å². The molecule has 13 heterocycles. The van der Waals surface area contributed by atoms with Crippen LogP contribution in [0, 0.1) is 0 Å². The van der Waals surface area contributed by atoms with Crippen LogP contribution in [0.2, 0.25) is 0 Å². The van der Waals surface area contributed by atoms with Crippen LogP contribution in [0.5, 0.6) is 0 Å². The molecule has 20 atom stereocenters. The van der Waals surface area contributed by atoms with Crippen molar-refractivity contribution < 1.29 is 136 Å². The number of rotatable bonds is 33. The highest BCUT2D eigenvalue weighted by Crippen LogP contribution is 2.34. The standard InChI is InChI=1S/C85H126N22O28/c86-18-2-1-10-51(72(122)88-32-66(115)97-21-5-13-54(97)85(135)107-44-50(113)31-64(107)78(128)94-38-71(120)121)95-79(129)53-12-4-20-96(53)65(114)33-89-74(124)60-27-46(109)40-103(60)81(131)56-15-7-23-99(56)68(117)35-91-76(126)62-29-48(111)42-105(62)83(133)58-17-9-25-101(58)70(119)37-93-77(127)63-30-49(112)43-106(63)84(134)57-16-8-24-100(57)69(118)36-92-75(125)61-28-47(110)41-104(61)82(132)55-14-6-22-98(55)67(116)34-90-73(123)59-26-45(108)39-102(59)80(130)52-11-3-19-87-52/h45-64,87,108-113H,1-44,86H2,(H,88,122)(H,89,124)(H,90,123)(H,91,126)(H,92,125)(H,93,127)(H,94,128)(H,95,129)(H,120,121)/t45-,46-,47-,48-,49-,50-,51+,52+,53+,54+,55+,56+,57+,58+,59+,60+,61+,62+,63+,64+/m1/s1. The summed E-state index contributed by atoms with van der Waals surface area (Å²) in [5, 5.41) is 96.6. The van der Waals surface area contributed by atoms with Crippen molar-refractivity contribution in [3.63, 3.8) is 0 Å². The van der Waals surface area contributed by atoms with Crippen molar-refractivity contribution in [2.45, 2.75) is 269 Å². The largest absolute Gasteiger partial charge is 0.480 e. The van der Waals surface area contributed by atoms with Crippen LogP contribution in [-0.2, 0) is 101 Å². The smallest absolute Gasteiger partial charge is 0.322 e. The maximum Gasteiger partial charge on any atom is 0.322 e. The lowest BCUT2D eigenvalue weighted by Crippen LogP contribution is -2.57. The number of β-amino-alcohol motifs (C(OH)–C–C–N with tert-alkyl or cyclic N) is 6. The van der Waals surface area contributed by atoms with Crippen molar-refractivity contribution in [2.75, 3.05) is 137 Å². The van der Waals surface area contributed by atoms with Gasteiger partial charge in [-0.15, -0.1) is 0 Å². The number of carboxylic acids is 1. The van der Waals surface area contributed by atoms with Gasteiger partial charge in [0.15, 0.2) is 0 Å². The van der Waals surface area contributed by atoms with E-state index in [-0.39, 0.29) is 174 Å². The van der Waals surface area contributed by atoms with Gasteiger partial charge in [-0.25, -0.2) is 0 Å². The molecule has 0 radical (unpaired) electrons. The molecular weight excluding hydrogens is 1780 g/mol. The van der Waals surface area contributed by atoms with Gasteiger partial charge in [0.2, 0.25) is 118 Å². The molecule has 135 heavy (non-hydrogen) atoms. The van der Waals surface area contributed by atoms with Gasteiger partial charge in [0, 0.05) is 117 Å². The maximum atomic E-state index is 14.5. The molecule has 0 aromatic carbocycles. The molecule has 13 aliphatic rings. The fourth-order valence-corrected chi connectivity index (χ4v) is 21.4. The number of hydrogen-bond donors (Lipinski definition) is 17. The Bertz CT molecular complexity index is 4540. The summed E-state index contributed by atoms with van der Waals surface area (Å²) in [4.78, 5) is 304. The average molecular weight is 1900 g/mol. The molecule has 0 bridgehead atoms. The number of nitrogens with two attached hydrogens (primary N) is 1. The van der Waals surface area contributed by atoms with Crippen molar-refractivity contribution in [2.24, 2.45) is 5.73 Å². The monoisotopic (exact) mass is 1900 g/mol. The highest BCUT2D eigenvalue weighted by atomic mass is 16.4. The number of unbranched alkanes of at least 4 members (excludes halogenated alkanes) is 1. The number of aliphatic hydroxyl groups is 6. The summed E-state index contributed by atoms with van der Waals surface area (Å²) in [5.41, 5.74) is 5.75. The molecule has 0 aromatic heterocycles. The zero-order valence-corrected chi connectivity index (χ0v) is 75.3. The van der Waals surface area contributed by atoms with Gasteiger partial charge >= 0.3 is 5.97 Å². The summed E-state index contributed by atoms with van der Waals surface area (Å²) in [6, 6.07) is -16.0. The van der Waals surface area contributed by atoms with Gasteiger partial charge in [0.05, 0.1) is 81.9 Å². The Balaban J connectivity index is 0.537. The summed E-state index contributed by atoms with van der Waals surface area (Å²) >= 11 is 0. The van der Waals surface area contributed by atoms with E-state index in [2.05, 4.69) is 47.9 Å². The van der Waals surface area contributed by atoms with E-state index in [0.29, 0.717) is 64.3 Å². The SMILES string of the molecule is NCCCC[C@H](NC(=O)[C@@H]1CCCN1C(=O)CNC(=O)[C@@H]1C[C@@H](O)CN1C(=O)[C@@H]1CCCN1C(=O)CNC(=O)[C@@H]1C[C@@H](O)CN1C(=O)[C@@H]1CCCN1C(=O)CNC(=O)[C@@H]1C[C@@H](O)CN1C(=O)[C@@H]1CCCN1C(=O)CNC(=O)[C@@H]1C[C@@H](O)CN1C(=O)[C@@H]1CCCN1C(=O)CNC(=O)[C@@H]1C[C@@H](O)CN1C(=O)[C@@H]1CCCN1)C(=O)NCC(=O)N1CCC[C@H]1C(=O)N1C[C@H](O)C[C@H]1C(=O)NCC(=O)O. The Labute approximate surface area is 776 Å². The van der Waals surface area contributed by atoms with Crippen molar-refractivity contribution >= 4 is 124 Å². The molecule has 13 aliphatic heterocycles. The molecule has 0 aliphatic carbocycles. The van der Waals surface area contributed by atoms with Gasteiger partial charge in [0.25, 0.3) is 0 Å². The number of carbonyl (C=O) groups is 21. The first-order valence-electron chi connectivity index (χ1n) is 47.1. The van der Waals surface area contributed by atoms with E-state index in [1.54, 1.807) is 0 Å². The number of nitrogens with zero attached hydrogens (tertiary/aromatic N) is 12. The zero-order chi connectivity index (χ0) is 97.1. The normalized spacial score (nSPS) is 29.6. The minimum Gasteiger partial charge on any atom is -0.480 e. The summed E-state index contributed by atoms with van der Waals surface area (Å²) in [6.07, 6.45) is -2.80. The van der Waals surface area contributed by atoms with Crippen LogP contribution in [0.3, 0.4) is 0 Å².